The van der Waals surface area contributed by atoms with Crippen LogP contribution in [0.5, 0.6) is 0 Å². The molecule has 2 saturated carbocycles. The van der Waals surface area contributed by atoms with Gasteiger partial charge in [0.05, 0.1) is 11.3 Å². The quantitative estimate of drug-likeness (QED) is 0.456. The fourth-order valence-corrected chi connectivity index (χ4v) is 7.05. The van der Waals surface area contributed by atoms with Crippen molar-refractivity contribution in [3.05, 3.63) is 35.6 Å². The third kappa shape index (κ3) is 3.01. The van der Waals surface area contributed by atoms with E-state index in [0.29, 0.717) is 30.4 Å². The molecular formula is C27H36O7. The normalized spacial score (nSPS) is 40.6. The van der Waals surface area contributed by atoms with Crippen LogP contribution in [0.2, 0.25) is 0 Å². The Kier molecular flexibility index (Phi) is 5.67. The van der Waals surface area contributed by atoms with Crippen LogP contribution >= 0.6 is 0 Å². The van der Waals surface area contributed by atoms with E-state index in [1.54, 1.807) is 27.9 Å². The van der Waals surface area contributed by atoms with Crippen molar-refractivity contribution in [1.29, 1.82) is 0 Å². The molecule has 0 unspecified atom stereocenters. The minimum Gasteiger partial charge on any atom is -0.504 e. The third-order valence-electron chi connectivity index (χ3n) is 8.89. The Balaban J connectivity index is 1.92. The summed E-state index contributed by atoms with van der Waals surface area (Å²) in [6, 6.07) is 0. The number of esters is 2. The van der Waals surface area contributed by atoms with Gasteiger partial charge < -0.3 is 19.3 Å². The highest BCUT2D eigenvalue weighted by Crippen LogP contribution is 2.76. The Morgan fingerprint density at radius 2 is 1.97 bits per heavy atom. The monoisotopic (exact) mass is 472 g/mol. The molecule has 34 heavy (non-hydrogen) atoms. The zero-order chi connectivity index (χ0) is 25.3. The number of carbonyl (C=O) groups is 3. The summed E-state index contributed by atoms with van der Waals surface area (Å²) in [6.07, 6.45) is 5.81. The molecule has 0 aromatic carbocycles. The van der Waals surface area contributed by atoms with Gasteiger partial charge in [0.25, 0.3) is 0 Å². The number of aliphatic hydroxyl groups is 1. The molecule has 0 aromatic rings. The molecule has 7 nitrogen and oxygen atoms in total. The number of Topliss-reactive ketones (excluding diaryl/α,β-unsaturated/α-hetero) is 1. The average molecular weight is 473 g/mol. The highest BCUT2D eigenvalue weighted by atomic mass is 16.6. The van der Waals surface area contributed by atoms with Crippen LogP contribution < -0.4 is 0 Å². The van der Waals surface area contributed by atoms with E-state index >= 15 is 0 Å². The SMILES string of the molecule is C=C[C@@]1(C)C=C2C(=O)C(O)=C3[C@@]4(OC)[C@H](C[C@H](OC(C)=O)[C@]3(C)COC(=O)C(C)C)C[C@]24CC1. The lowest BCUT2D eigenvalue weighted by Gasteiger charge is -2.72. The van der Waals surface area contributed by atoms with Gasteiger partial charge in [-0.15, -0.1) is 6.58 Å². The lowest BCUT2D eigenvalue weighted by Crippen LogP contribution is -2.76. The van der Waals surface area contributed by atoms with Crippen LogP contribution in [-0.4, -0.2) is 48.3 Å². The Bertz CT molecular complexity index is 1020. The molecular weight excluding hydrogens is 436 g/mol. The molecule has 6 atom stereocenters. The predicted molar refractivity (Wildman–Crippen MR) is 125 cm³/mol. The van der Waals surface area contributed by atoms with E-state index in [4.69, 9.17) is 14.2 Å². The molecule has 2 fully saturated rings. The smallest absolute Gasteiger partial charge is 0.308 e. The summed E-state index contributed by atoms with van der Waals surface area (Å²) in [5.74, 6) is -2.09. The number of aliphatic hydroxyl groups excluding tert-OH is 1. The summed E-state index contributed by atoms with van der Waals surface area (Å²) in [7, 11) is 1.61. The van der Waals surface area contributed by atoms with E-state index in [1.165, 1.54) is 6.92 Å². The van der Waals surface area contributed by atoms with Crippen molar-refractivity contribution >= 4 is 17.7 Å². The summed E-state index contributed by atoms with van der Waals surface area (Å²) in [4.78, 5) is 38.1. The second kappa shape index (κ2) is 7.80. The highest BCUT2D eigenvalue weighted by Gasteiger charge is 2.78. The van der Waals surface area contributed by atoms with E-state index in [9.17, 15) is 19.5 Å². The van der Waals surface area contributed by atoms with Gasteiger partial charge in [-0.3, -0.25) is 14.4 Å². The van der Waals surface area contributed by atoms with E-state index < -0.39 is 40.3 Å². The summed E-state index contributed by atoms with van der Waals surface area (Å²) in [5, 5.41) is 11.5. The summed E-state index contributed by atoms with van der Waals surface area (Å²) in [6.45, 7) is 12.4. The second-order valence-electron chi connectivity index (χ2n) is 11.3. The van der Waals surface area contributed by atoms with Crippen LogP contribution in [0, 0.1) is 28.1 Å². The fourth-order valence-electron chi connectivity index (χ4n) is 7.05. The van der Waals surface area contributed by atoms with Crippen LogP contribution in [-0.2, 0) is 28.6 Å². The minimum absolute atomic E-state index is 0.0579. The van der Waals surface area contributed by atoms with Crippen LogP contribution in [0.1, 0.15) is 60.3 Å². The van der Waals surface area contributed by atoms with Crippen molar-refractivity contribution in [3.8, 4) is 0 Å². The summed E-state index contributed by atoms with van der Waals surface area (Å²) >= 11 is 0. The van der Waals surface area contributed by atoms with Gasteiger partial charge >= 0.3 is 11.9 Å². The number of rotatable bonds is 6. The molecule has 4 aliphatic rings. The number of methoxy groups -OCH3 is 1. The first kappa shape index (κ1) is 24.7. The number of ketones is 1. The Morgan fingerprint density at radius 1 is 1.29 bits per heavy atom. The van der Waals surface area contributed by atoms with Gasteiger partial charge in [0.15, 0.2) is 5.76 Å². The van der Waals surface area contributed by atoms with E-state index in [-0.39, 0.29) is 29.6 Å². The first-order valence-electron chi connectivity index (χ1n) is 12.1. The lowest BCUT2D eigenvalue weighted by atomic mass is 9.34. The fraction of sp³-hybridized carbons (Fsp3) is 0.667. The van der Waals surface area contributed by atoms with Gasteiger partial charge in [0.1, 0.15) is 18.3 Å². The zero-order valence-corrected chi connectivity index (χ0v) is 21.0. The first-order chi connectivity index (χ1) is 15.8. The van der Waals surface area contributed by atoms with Crippen molar-refractivity contribution in [2.45, 2.75) is 72.0 Å². The average Bonchev–Trinajstić information content (AvgIpc) is 2.77. The van der Waals surface area contributed by atoms with E-state index in [2.05, 4.69) is 6.58 Å². The van der Waals surface area contributed by atoms with Gasteiger partial charge in [0, 0.05) is 36.0 Å². The van der Waals surface area contributed by atoms with Crippen LogP contribution in [0.25, 0.3) is 0 Å². The standard InChI is InChI=1S/C27H36O7/c1-8-24(5)9-10-26-12-17-11-19(34-16(4)28)25(6,14-33-23(31)15(2)3)22(27(17,26)32-7)21(30)20(29)18(26)13-24/h8,13,15,17,19,30H,1,9-12,14H2,2-7H3/t17-,19+,24-,25+,26-,27+/m1/s1. The van der Waals surface area contributed by atoms with Gasteiger partial charge in [-0.2, -0.15) is 0 Å². The molecule has 0 heterocycles. The van der Waals surface area contributed by atoms with E-state index in [0.717, 1.165) is 6.42 Å². The van der Waals surface area contributed by atoms with Gasteiger partial charge in [-0.25, -0.2) is 0 Å². The molecule has 4 rings (SSSR count). The molecule has 1 spiro atoms. The van der Waals surface area contributed by atoms with Crippen LogP contribution in [0.4, 0.5) is 0 Å². The zero-order valence-electron chi connectivity index (χ0n) is 21.0. The third-order valence-corrected chi connectivity index (χ3v) is 8.89. The van der Waals surface area contributed by atoms with E-state index in [1.807, 2.05) is 19.1 Å². The summed E-state index contributed by atoms with van der Waals surface area (Å²) in [5.41, 5.74) is -2.02. The molecule has 4 aliphatic carbocycles. The van der Waals surface area contributed by atoms with Gasteiger partial charge in [0.2, 0.25) is 5.78 Å². The molecule has 0 bridgehead atoms. The molecule has 0 aromatic heterocycles. The maximum Gasteiger partial charge on any atom is 0.308 e. The highest BCUT2D eigenvalue weighted by molar-refractivity contribution is 6.11. The molecule has 1 N–H and O–H groups in total. The Labute approximate surface area is 201 Å². The largest absolute Gasteiger partial charge is 0.504 e. The minimum atomic E-state index is -1.12. The maximum absolute atomic E-state index is 13.7. The summed E-state index contributed by atoms with van der Waals surface area (Å²) < 4.78 is 17.7. The maximum atomic E-state index is 13.7. The van der Waals surface area contributed by atoms with Crippen molar-refractivity contribution in [2.75, 3.05) is 13.7 Å². The predicted octanol–water partition coefficient (Wildman–Crippen LogP) is 4.23. The topological polar surface area (TPSA) is 99.1 Å². The number of hydrogen-bond donors (Lipinski definition) is 1. The van der Waals surface area contributed by atoms with Crippen molar-refractivity contribution in [2.24, 2.45) is 28.1 Å². The lowest BCUT2D eigenvalue weighted by molar-refractivity contribution is -0.252. The Hall–Kier alpha value is -2.41. The van der Waals surface area contributed by atoms with Crippen molar-refractivity contribution in [3.63, 3.8) is 0 Å². The number of hydrogen-bond acceptors (Lipinski definition) is 7. The molecule has 0 aliphatic heterocycles. The first-order valence-corrected chi connectivity index (χ1v) is 12.1. The Morgan fingerprint density at radius 3 is 2.53 bits per heavy atom. The van der Waals surface area contributed by atoms with Crippen LogP contribution in [0.3, 0.4) is 0 Å². The molecule has 0 saturated heterocycles. The van der Waals surface area contributed by atoms with Gasteiger partial charge in [-0.05, 0) is 38.5 Å². The number of carbonyl (C=O) groups excluding carboxylic acids is 3. The number of ether oxygens (including phenoxy) is 3. The van der Waals surface area contributed by atoms with Crippen molar-refractivity contribution in [1.82, 2.24) is 0 Å². The van der Waals surface area contributed by atoms with Gasteiger partial charge in [-0.1, -0.05) is 32.9 Å². The molecule has 0 radical (unpaired) electrons. The molecule has 7 heteroatoms. The van der Waals surface area contributed by atoms with Crippen LogP contribution in [0.15, 0.2) is 35.6 Å². The van der Waals surface area contributed by atoms with Crippen molar-refractivity contribution < 1.29 is 33.7 Å². The second-order valence-corrected chi connectivity index (χ2v) is 11.3. The molecule has 186 valence electrons. The number of allylic oxidation sites excluding steroid dienone is 3. The molecule has 0 amide bonds.